The number of piperazine rings is 1. The van der Waals surface area contributed by atoms with Crippen LogP contribution in [0.4, 0.5) is 5.69 Å². The minimum absolute atomic E-state index is 1.03. The van der Waals surface area contributed by atoms with Gasteiger partial charge in [-0.2, -0.15) is 0 Å². The molecule has 1 saturated heterocycles. The van der Waals surface area contributed by atoms with Crippen LogP contribution in [0.1, 0.15) is 11.1 Å². The van der Waals surface area contributed by atoms with Crippen LogP contribution >= 0.6 is 0 Å². The fourth-order valence-electron chi connectivity index (χ4n) is 4.13. The molecule has 1 fully saturated rings. The van der Waals surface area contributed by atoms with E-state index in [1.807, 2.05) is 6.20 Å². The Morgan fingerprint density at radius 2 is 1.67 bits per heavy atom. The van der Waals surface area contributed by atoms with Crippen molar-refractivity contribution >= 4 is 22.2 Å². The van der Waals surface area contributed by atoms with Gasteiger partial charge in [0.1, 0.15) is 5.52 Å². The van der Waals surface area contributed by atoms with Crippen LogP contribution < -0.4 is 4.90 Å². The first kappa shape index (κ1) is 16.3. The van der Waals surface area contributed by atoms with Crippen molar-refractivity contribution in [3.8, 4) is 0 Å². The van der Waals surface area contributed by atoms with Crippen LogP contribution in [0.3, 0.4) is 0 Å². The maximum Gasteiger partial charge on any atom is 0.110 e. The minimum atomic E-state index is 1.03. The Morgan fingerprint density at radius 3 is 2.48 bits per heavy atom. The summed E-state index contributed by atoms with van der Waals surface area (Å²) < 4.78 is 2.26. The first-order valence-corrected chi connectivity index (χ1v) is 9.66. The number of fused-ring (bicyclic) bond motifs is 3. The molecule has 0 aliphatic carbocycles. The Balaban J connectivity index is 1.39. The van der Waals surface area contributed by atoms with E-state index in [4.69, 9.17) is 4.98 Å². The molecule has 2 aromatic carbocycles. The lowest BCUT2D eigenvalue weighted by Crippen LogP contribution is -2.46. The first-order valence-electron chi connectivity index (χ1n) is 9.66. The molecule has 0 atom stereocenters. The highest BCUT2D eigenvalue weighted by Crippen LogP contribution is 2.28. The molecule has 0 bridgehead atoms. The summed E-state index contributed by atoms with van der Waals surface area (Å²) in [6, 6.07) is 19.5. The Labute approximate surface area is 159 Å². The molecular formula is C23H24N4. The van der Waals surface area contributed by atoms with E-state index < -0.39 is 0 Å². The van der Waals surface area contributed by atoms with E-state index in [1.54, 1.807) is 0 Å². The lowest BCUT2D eigenvalue weighted by molar-refractivity contribution is 0.250. The molecule has 1 aliphatic heterocycles. The number of rotatable bonds is 3. The van der Waals surface area contributed by atoms with E-state index in [0.717, 1.165) is 38.2 Å². The lowest BCUT2D eigenvalue weighted by Gasteiger charge is -2.36. The summed E-state index contributed by atoms with van der Waals surface area (Å²) in [6.07, 6.45) is 4.16. The van der Waals surface area contributed by atoms with Gasteiger partial charge < -0.3 is 9.30 Å². The number of nitrogens with zero attached hydrogens (tertiary/aromatic N) is 4. The molecule has 3 heterocycles. The topological polar surface area (TPSA) is 23.8 Å². The van der Waals surface area contributed by atoms with Gasteiger partial charge in [-0.05, 0) is 36.2 Å². The van der Waals surface area contributed by atoms with Crippen molar-refractivity contribution in [3.05, 3.63) is 78.1 Å². The van der Waals surface area contributed by atoms with Crippen LogP contribution in [0.2, 0.25) is 0 Å². The van der Waals surface area contributed by atoms with E-state index in [2.05, 4.69) is 81.9 Å². The molecule has 1 aliphatic rings. The first-order chi connectivity index (χ1) is 13.3. The molecule has 0 N–H and O–H groups in total. The number of hydrogen-bond acceptors (Lipinski definition) is 3. The molecule has 2 aromatic heterocycles. The Bertz CT molecular complexity index is 1080. The number of aryl methyl sites for hydroxylation is 1. The summed E-state index contributed by atoms with van der Waals surface area (Å²) >= 11 is 0. The maximum atomic E-state index is 4.83. The second-order valence-electron chi connectivity index (χ2n) is 7.41. The number of para-hydroxylation sites is 1. The average molecular weight is 356 g/mol. The van der Waals surface area contributed by atoms with Crippen molar-refractivity contribution in [3.63, 3.8) is 0 Å². The highest BCUT2D eigenvalue weighted by Gasteiger charge is 2.19. The molecule has 0 spiro atoms. The van der Waals surface area contributed by atoms with Gasteiger partial charge in [0, 0.05) is 38.9 Å². The number of benzene rings is 2. The molecule has 4 heteroatoms. The van der Waals surface area contributed by atoms with Gasteiger partial charge in [0.25, 0.3) is 0 Å². The molecule has 4 aromatic rings. The van der Waals surface area contributed by atoms with Crippen molar-refractivity contribution < 1.29 is 0 Å². The summed E-state index contributed by atoms with van der Waals surface area (Å²) in [5.41, 5.74) is 7.38. The molecular weight excluding hydrogens is 332 g/mol. The largest absolute Gasteiger partial charge is 0.367 e. The van der Waals surface area contributed by atoms with E-state index in [1.165, 1.54) is 27.8 Å². The van der Waals surface area contributed by atoms with Gasteiger partial charge in [0.2, 0.25) is 0 Å². The third kappa shape index (κ3) is 2.96. The van der Waals surface area contributed by atoms with E-state index in [9.17, 15) is 0 Å². The van der Waals surface area contributed by atoms with Crippen molar-refractivity contribution in [2.24, 2.45) is 0 Å². The standard InChI is InChI=1S/C23H24N4/c1-18-10-11-27-21-9-5-8-20(23(21)24-16-22(18)27)26-14-12-25(13-15-26)17-19-6-3-2-4-7-19/h2-11,16H,12-15,17H2,1H3. The van der Waals surface area contributed by atoms with E-state index in [0.29, 0.717) is 0 Å². The van der Waals surface area contributed by atoms with Crippen LogP contribution in [0.25, 0.3) is 16.6 Å². The second kappa shape index (κ2) is 6.71. The van der Waals surface area contributed by atoms with Gasteiger partial charge in [0.15, 0.2) is 0 Å². The van der Waals surface area contributed by atoms with Gasteiger partial charge in [-0.3, -0.25) is 9.88 Å². The minimum Gasteiger partial charge on any atom is -0.367 e. The summed E-state index contributed by atoms with van der Waals surface area (Å²) in [5.74, 6) is 0. The third-order valence-corrected chi connectivity index (χ3v) is 5.67. The van der Waals surface area contributed by atoms with Gasteiger partial charge in [0.05, 0.1) is 22.9 Å². The van der Waals surface area contributed by atoms with Crippen LogP contribution in [0.5, 0.6) is 0 Å². The predicted octanol–water partition coefficient (Wildman–Crippen LogP) is 4.12. The summed E-state index contributed by atoms with van der Waals surface area (Å²) in [5, 5.41) is 0. The van der Waals surface area contributed by atoms with Gasteiger partial charge in [-0.25, -0.2) is 0 Å². The Morgan fingerprint density at radius 1 is 0.852 bits per heavy atom. The van der Waals surface area contributed by atoms with E-state index in [-0.39, 0.29) is 0 Å². The van der Waals surface area contributed by atoms with Crippen molar-refractivity contribution in [1.29, 1.82) is 0 Å². The lowest BCUT2D eigenvalue weighted by atomic mass is 10.1. The zero-order chi connectivity index (χ0) is 18.2. The fraction of sp³-hybridized carbons (Fsp3) is 0.261. The normalized spacial score (nSPS) is 15.7. The van der Waals surface area contributed by atoms with E-state index >= 15 is 0 Å². The maximum absolute atomic E-state index is 4.83. The molecule has 27 heavy (non-hydrogen) atoms. The zero-order valence-corrected chi connectivity index (χ0v) is 15.7. The molecule has 0 radical (unpaired) electrons. The zero-order valence-electron chi connectivity index (χ0n) is 15.7. The van der Waals surface area contributed by atoms with Crippen LogP contribution in [0.15, 0.2) is 67.0 Å². The summed E-state index contributed by atoms with van der Waals surface area (Å²) in [4.78, 5) is 9.85. The Kier molecular flexibility index (Phi) is 4.06. The monoisotopic (exact) mass is 356 g/mol. The molecule has 5 rings (SSSR count). The Hall–Kier alpha value is -2.85. The van der Waals surface area contributed by atoms with Gasteiger partial charge in [-0.15, -0.1) is 0 Å². The summed E-state index contributed by atoms with van der Waals surface area (Å²) in [7, 11) is 0. The predicted molar refractivity (Wildman–Crippen MR) is 111 cm³/mol. The third-order valence-electron chi connectivity index (χ3n) is 5.67. The summed E-state index contributed by atoms with van der Waals surface area (Å²) in [6.45, 7) is 7.41. The quantitative estimate of drug-likeness (QED) is 0.552. The van der Waals surface area contributed by atoms with Crippen molar-refractivity contribution in [2.45, 2.75) is 13.5 Å². The number of anilines is 1. The van der Waals surface area contributed by atoms with Crippen molar-refractivity contribution in [2.75, 3.05) is 31.1 Å². The van der Waals surface area contributed by atoms with Gasteiger partial charge in [-0.1, -0.05) is 36.4 Å². The number of aromatic nitrogens is 2. The second-order valence-corrected chi connectivity index (χ2v) is 7.41. The molecule has 136 valence electrons. The molecule has 0 amide bonds. The highest BCUT2D eigenvalue weighted by atomic mass is 15.3. The SMILES string of the molecule is Cc1ccn2c1cnc1c(N3CCN(Cc4ccccc4)CC3)cccc12. The highest BCUT2D eigenvalue weighted by molar-refractivity contribution is 5.90. The van der Waals surface area contributed by atoms with Crippen LogP contribution in [0, 0.1) is 6.92 Å². The average Bonchev–Trinajstić information content (AvgIpc) is 3.10. The fourth-order valence-corrected chi connectivity index (χ4v) is 4.13. The smallest absolute Gasteiger partial charge is 0.110 e. The molecule has 4 nitrogen and oxygen atoms in total. The van der Waals surface area contributed by atoms with Crippen molar-refractivity contribution in [1.82, 2.24) is 14.3 Å². The number of hydrogen-bond donors (Lipinski definition) is 0. The molecule has 0 unspecified atom stereocenters. The molecule has 0 saturated carbocycles. The van der Waals surface area contributed by atoms with Crippen LogP contribution in [-0.4, -0.2) is 40.5 Å². The van der Waals surface area contributed by atoms with Gasteiger partial charge >= 0.3 is 0 Å². The van der Waals surface area contributed by atoms with Crippen LogP contribution in [-0.2, 0) is 6.54 Å².